The van der Waals surface area contributed by atoms with Gasteiger partial charge >= 0.3 is 0 Å². The van der Waals surface area contributed by atoms with Crippen LogP contribution in [-0.2, 0) is 20.7 Å². The van der Waals surface area contributed by atoms with Gasteiger partial charge in [-0.25, -0.2) is 4.68 Å². The lowest BCUT2D eigenvalue weighted by Crippen LogP contribution is -2.55. The first kappa shape index (κ1) is 29.6. The van der Waals surface area contributed by atoms with Gasteiger partial charge in [0.1, 0.15) is 5.69 Å². The number of nitrogens with zero attached hydrogens (tertiary/aromatic N) is 5. The number of aliphatic hydroxyl groups excluding tert-OH is 1. The lowest BCUT2D eigenvalue weighted by Gasteiger charge is -2.41. The van der Waals surface area contributed by atoms with Crippen LogP contribution in [0.1, 0.15) is 56.3 Å². The molecule has 2 saturated heterocycles. The number of methoxy groups -OCH3 is 1. The second kappa shape index (κ2) is 14.3. The minimum atomic E-state index is -0.923. The number of amides is 1. The Hall–Kier alpha value is -2.37. The molecule has 2 N–H and O–H groups in total. The van der Waals surface area contributed by atoms with E-state index in [1.165, 1.54) is 5.56 Å². The van der Waals surface area contributed by atoms with Gasteiger partial charge in [-0.1, -0.05) is 36.8 Å². The molecule has 2 aliphatic heterocycles. The summed E-state index contributed by atoms with van der Waals surface area (Å²) in [5, 5.41) is 24.4. The Morgan fingerprint density at radius 1 is 1.21 bits per heavy atom. The molecule has 0 saturated carbocycles. The highest BCUT2D eigenvalue weighted by Gasteiger charge is 2.37. The van der Waals surface area contributed by atoms with Crippen LogP contribution in [-0.4, -0.2) is 102 Å². The summed E-state index contributed by atoms with van der Waals surface area (Å²) in [6, 6.07) is 8.20. The second-order valence-electron chi connectivity index (χ2n) is 11.3. The SMILES string of the molecule is COCCCCc1c(C(O)N(CC(C)C)[C@@H]2CNC[C@H](C(=O)N3CCOCC3)C2)nnn1-c1ccc(C)cc1. The van der Waals surface area contributed by atoms with Crippen LogP contribution in [0.25, 0.3) is 5.69 Å². The van der Waals surface area contributed by atoms with Gasteiger partial charge in [0.2, 0.25) is 5.91 Å². The fourth-order valence-corrected chi connectivity index (χ4v) is 5.61. The molecule has 0 aliphatic carbocycles. The maximum atomic E-state index is 13.3. The number of morpholine rings is 1. The van der Waals surface area contributed by atoms with Crippen LogP contribution in [0, 0.1) is 18.8 Å². The average Bonchev–Trinajstić information content (AvgIpc) is 3.38. The molecular weight excluding hydrogens is 496 g/mol. The van der Waals surface area contributed by atoms with Crippen molar-refractivity contribution in [2.24, 2.45) is 11.8 Å². The fourth-order valence-electron chi connectivity index (χ4n) is 5.61. The van der Waals surface area contributed by atoms with Gasteiger partial charge in [-0.2, -0.15) is 0 Å². The van der Waals surface area contributed by atoms with Crippen molar-refractivity contribution in [1.29, 1.82) is 0 Å². The zero-order chi connectivity index (χ0) is 27.8. The van der Waals surface area contributed by atoms with E-state index in [9.17, 15) is 9.90 Å². The molecule has 10 nitrogen and oxygen atoms in total. The number of rotatable bonds is 12. The Kier molecular flexibility index (Phi) is 10.9. The molecule has 39 heavy (non-hydrogen) atoms. The minimum Gasteiger partial charge on any atom is -0.385 e. The van der Waals surface area contributed by atoms with Crippen LogP contribution in [0.3, 0.4) is 0 Å². The van der Waals surface area contributed by atoms with E-state index >= 15 is 0 Å². The number of aryl methyl sites for hydroxylation is 1. The summed E-state index contributed by atoms with van der Waals surface area (Å²) in [7, 11) is 1.71. The largest absolute Gasteiger partial charge is 0.385 e. The molecule has 1 amide bonds. The summed E-state index contributed by atoms with van der Waals surface area (Å²) >= 11 is 0. The molecule has 0 spiro atoms. The average molecular weight is 543 g/mol. The number of carbonyl (C=O) groups excluding carboxylic acids is 1. The van der Waals surface area contributed by atoms with Crippen molar-refractivity contribution in [3.8, 4) is 5.69 Å². The summed E-state index contributed by atoms with van der Waals surface area (Å²) in [6.07, 6.45) is 2.32. The third-order valence-corrected chi connectivity index (χ3v) is 7.69. The predicted molar refractivity (Wildman–Crippen MR) is 150 cm³/mol. The monoisotopic (exact) mass is 542 g/mol. The van der Waals surface area contributed by atoms with Crippen LogP contribution < -0.4 is 5.32 Å². The second-order valence-corrected chi connectivity index (χ2v) is 11.3. The molecule has 0 bridgehead atoms. The molecule has 1 unspecified atom stereocenters. The van der Waals surface area contributed by atoms with Gasteiger partial charge in [-0.15, -0.1) is 5.10 Å². The van der Waals surface area contributed by atoms with Crippen molar-refractivity contribution in [3.05, 3.63) is 41.2 Å². The smallest absolute Gasteiger partial charge is 0.227 e. The van der Waals surface area contributed by atoms with E-state index in [0.717, 1.165) is 30.6 Å². The van der Waals surface area contributed by atoms with Crippen LogP contribution in [0.15, 0.2) is 24.3 Å². The molecule has 3 atom stereocenters. The van der Waals surface area contributed by atoms with Crippen molar-refractivity contribution in [2.75, 3.05) is 59.7 Å². The highest BCUT2D eigenvalue weighted by atomic mass is 16.5. The first-order chi connectivity index (χ1) is 18.9. The summed E-state index contributed by atoms with van der Waals surface area (Å²) in [5.74, 6) is 0.381. The van der Waals surface area contributed by atoms with Crippen LogP contribution >= 0.6 is 0 Å². The van der Waals surface area contributed by atoms with Gasteiger partial charge in [0.25, 0.3) is 0 Å². The van der Waals surface area contributed by atoms with E-state index in [-0.39, 0.29) is 17.9 Å². The zero-order valence-electron chi connectivity index (χ0n) is 24.0. The number of aliphatic hydroxyl groups is 1. The highest BCUT2D eigenvalue weighted by Crippen LogP contribution is 2.29. The number of benzene rings is 1. The quantitative estimate of drug-likeness (QED) is 0.311. The third kappa shape index (κ3) is 7.64. The Bertz CT molecular complexity index is 1040. The van der Waals surface area contributed by atoms with E-state index in [2.05, 4.69) is 53.4 Å². The Morgan fingerprint density at radius 2 is 1.95 bits per heavy atom. The molecule has 216 valence electrons. The van der Waals surface area contributed by atoms with E-state index in [4.69, 9.17) is 9.47 Å². The van der Waals surface area contributed by atoms with E-state index in [1.54, 1.807) is 7.11 Å². The fraction of sp³-hybridized carbons (Fsp3) is 0.690. The van der Waals surface area contributed by atoms with Crippen molar-refractivity contribution >= 4 is 5.91 Å². The maximum Gasteiger partial charge on any atom is 0.227 e. The van der Waals surface area contributed by atoms with Crippen molar-refractivity contribution in [3.63, 3.8) is 0 Å². The number of hydrogen-bond acceptors (Lipinski definition) is 8. The number of ether oxygens (including phenoxy) is 2. The van der Waals surface area contributed by atoms with Crippen molar-refractivity contribution < 1.29 is 19.4 Å². The Labute approximate surface area is 232 Å². The summed E-state index contributed by atoms with van der Waals surface area (Å²) < 4.78 is 12.6. The summed E-state index contributed by atoms with van der Waals surface area (Å²) in [5.41, 5.74) is 3.62. The molecule has 2 fully saturated rings. The van der Waals surface area contributed by atoms with Gasteiger partial charge in [0.05, 0.1) is 30.5 Å². The summed E-state index contributed by atoms with van der Waals surface area (Å²) in [4.78, 5) is 17.4. The first-order valence-corrected chi connectivity index (χ1v) is 14.4. The molecule has 3 heterocycles. The molecule has 2 aromatic rings. The minimum absolute atomic E-state index is 0.00277. The van der Waals surface area contributed by atoms with Gasteiger partial charge in [0.15, 0.2) is 6.23 Å². The van der Waals surface area contributed by atoms with Gasteiger partial charge in [-0.05, 0) is 50.7 Å². The number of nitrogens with one attached hydrogen (secondary N) is 1. The molecule has 10 heteroatoms. The van der Waals surface area contributed by atoms with Gasteiger partial charge in [0, 0.05) is 52.5 Å². The molecule has 1 aromatic heterocycles. The maximum absolute atomic E-state index is 13.3. The molecular formula is C29H46N6O4. The highest BCUT2D eigenvalue weighted by molar-refractivity contribution is 5.79. The number of unbranched alkanes of at least 4 members (excludes halogenated alkanes) is 1. The Morgan fingerprint density at radius 3 is 2.64 bits per heavy atom. The van der Waals surface area contributed by atoms with Crippen LogP contribution in [0.4, 0.5) is 0 Å². The lowest BCUT2D eigenvalue weighted by atomic mass is 9.92. The third-order valence-electron chi connectivity index (χ3n) is 7.69. The normalized spacial score (nSPS) is 21.1. The van der Waals surface area contributed by atoms with Gasteiger partial charge < -0.3 is 24.8 Å². The topological polar surface area (TPSA) is 105 Å². The van der Waals surface area contributed by atoms with Crippen molar-refractivity contribution in [2.45, 2.75) is 58.7 Å². The van der Waals surface area contributed by atoms with Crippen LogP contribution in [0.2, 0.25) is 0 Å². The summed E-state index contributed by atoms with van der Waals surface area (Å²) in [6.45, 7) is 11.6. The number of aromatic nitrogens is 3. The molecule has 1 aromatic carbocycles. The predicted octanol–water partition coefficient (Wildman–Crippen LogP) is 2.33. The number of piperidine rings is 1. The van der Waals surface area contributed by atoms with E-state index < -0.39 is 6.23 Å². The van der Waals surface area contributed by atoms with Crippen molar-refractivity contribution in [1.82, 2.24) is 30.1 Å². The first-order valence-electron chi connectivity index (χ1n) is 14.4. The van der Waals surface area contributed by atoms with E-state index in [0.29, 0.717) is 70.6 Å². The van der Waals surface area contributed by atoms with E-state index in [1.807, 2.05) is 21.7 Å². The number of carbonyl (C=O) groups is 1. The zero-order valence-corrected chi connectivity index (χ0v) is 24.0. The molecule has 4 rings (SSSR count). The lowest BCUT2D eigenvalue weighted by molar-refractivity contribution is -0.141. The van der Waals surface area contributed by atoms with Gasteiger partial charge in [-0.3, -0.25) is 9.69 Å². The Balaban J connectivity index is 1.58. The van der Waals surface area contributed by atoms with Crippen LogP contribution in [0.5, 0.6) is 0 Å². The molecule has 0 radical (unpaired) electrons. The standard InChI is InChI=1S/C29H46N6O4/c1-21(2)20-34(25-17-23(18-30-19-25)28(36)33-12-15-39-16-13-33)29(37)27-26(7-5-6-14-38-4)35(32-31-27)24-10-8-22(3)9-11-24/h8-11,21,23,25,29-30,37H,5-7,12-20H2,1-4H3/t23-,25+,29?/m1/s1. The number of hydrogen-bond donors (Lipinski definition) is 2. The molecule has 2 aliphatic rings.